The van der Waals surface area contributed by atoms with Gasteiger partial charge in [0.1, 0.15) is 5.82 Å². The molecule has 2 aromatic carbocycles. The van der Waals surface area contributed by atoms with Crippen molar-refractivity contribution in [3.8, 4) is 11.5 Å². The molecule has 3 N–H and O–H groups in total. The molecule has 7 heteroatoms. The third kappa shape index (κ3) is 2.57. The molecule has 0 saturated heterocycles. The summed E-state index contributed by atoms with van der Waals surface area (Å²) in [7, 11) is 0. The molecule has 108 valence electrons. The highest BCUT2D eigenvalue weighted by Gasteiger charge is 2.18. The number of ether oxygens (including phenoxy) is 2. The Balaban J connectivity index is 1.86. The van der Waals surface area contributed by atoms with Crippen LogP contribution < -0.4 is 20.5 Å². The van der Waals surface area contributed by atoms with Crippen molar-refractivity contribution in [2.45, 2.75) is 0 Å². The van der Waals surface area contributed by atoms with Crippen molar-refractivity contribution < 1.29 is 18.7 Å². The summed E-state index contributed by atoms with van der Waals surface area (Å²) in [6.07, 6.45) is 0. The van der Waals surface area contributed by atoms with E-state index in [0.29, 0.717) is 22.9 Å². The second-order valence-electron chi connectivity index (χ2n) is 4.38. The first-order chi connectivity index (χ1) is 10.0. The fourth-order valence-electron chi connectivity index (χ4n) is 1.90. The first kappa shape index (κ1) is 13.5. The van der Waals surface area contributed by atoms with Gasteiger partial charge in [0.15, 0.2) is 11.5 Å². The first-order valence-corrected chi connectivity index (χ1v) is 6.38. The number of fused-ring (bicyclic) bond motifs is 1. The minimum atomic E-state index is -0.587. The topological polar surface area (TPSA) is 73.6 Å². The van der Waals surface area contributed by atoms with Crippen molar-refractivity contribution in [3.05, 3.63) is 46.7 Å². The Morgan fingerprint density at radius 1 is 1.24 bits per heavy atom. The van der Waals surface area contributed by atoms with Gasteiger partial charge in [-0.05, 0) is 18.2 Å². The molecule has 1 amide bonds. The highest BCUT2D eigenvalue weighted by Crippen LogP contribution is 2.38. The SMILES string of the molecule is Nc1cc2c(cc1NC(=O)c1ccc(F)c(Cl)c1)OCO2. The number of carbonyl (C=O) groups is 1. The Kier molecular flexibility index (Phi) is 3.31. The molecular formula is C14H10ClFN2O3. The van der Waals surface area contributed by atoms with Crippen molar-refractivity contribution >= 4 is 28.9 Å². The number of rotatable bonds is 2. The second kappa shape index (κ2) is 5.14. The highest BCUT2D eigenvalue weighted by molar-refractivity contribution is 6.31. The van der Waals surface area contributed by atoms with Crippen LogP contribution in [0, 0.1) is 5.82 Å². The molecule has 3 rings (SSSR count). The van der Waals surface area contributed by atoms with Gasteiger partial charge in [0.05, 0.1) is 16.4 Å². The van der Waals surface area contributed by atoms with E-state index in [2.05, 4.69) is 5.32 Å². The Morgan fingerprint density at radius 3 is 2.67 bits per heavy atom. The van der Waals surface area contributed by atoms with E-state index in [9.17, 15) is 9.18 Å². The van der Waals surface area contributed by atoms with Crippen LogP contribution in [0.2, 0.25) is 5.02 Å². The number of hydrogen-bond acceptors (Lipinski definition) is 4. The molecule has 0 atom stereocenters. The molecule has 1 aliphatic heterocycles. The van der Waals surface area contributed by atoms with Crippen molar-refractivity contribution in [2.24, 2.45) is 0 Å². The third-order valence-electron chi connectivity index (χ3n) is 2.97. The molecule has 1 aliphatic rings. The van der Waals surface area contributed by atoms with Gasteiger partial charge >= 0.3 is 0 Å². The maximum absolute atomic E-state index is 13.1. The van der Waals surface area contributed by atoms with E-state index in [1.54, 1.807) is 12.1 Å². The molecule has 0 bridgehead atoms. The summed E-state index contributed by atoms with van der Waals surface area (Å²) in [5.41, 5.74) is 6.77. The maximum Gasteiger partial charge on any atom is 0.255 e. The number of nitrogens with two attached hydrogens (primary N) is 1. The summed E-state index contributed by atoms with van der Waals surface area (Å²) in [5, 5.41) is 2.50. The summed E-state index contributed by atoms with van der Waals surface area (Å²) >= 11 is 5.65. The minimum absolute atomic E-state index is 0.111. The molecule has 0 unspecified atom stereocenters. The third-order valence-corrected chi connectivity index (χ3v) is 3.26. The molecule has 0 spiro atoms. The lowest BCUT2D eigenvalue weighted by molar-refractivity contribution is 0.102. The van der Waals surface area contributed by atoms with E-state index in [-0.39, 0.29) is 17.4 Å². The normalized spacial score (nSPS) is 12.3. The molecule has 1 heterocycles. The standard InChI is InChI=1S/C14H10ClFN2O3/c15-8-3-7(1-2-9(8)16)14(19)18-11-5-13-12(4-10(11)17)20-6-21-13/h1-5H,6,17H2,(H,18,19). The van der Waals surface area contributed by atoms with Crippen LogP contribution in [0.5, 0.6) is 11.5 Å². The Hall–Kier alpha value is -2.47. The number of anilines is 2. The first-order valence-electron chi connectivity index (χ1n) is 6.00. The summed E-state index contributed by atoms with van der Waals surface area (Å²) < 4.78 is 23.5. The van der Waals surface area contributed by atoms with Crippen LogP contribution in [0.15, 0.2) is 30.3 Å². The molecule has 21 heavy (non-hydrogen) atoms. The lowest BCUT2D eigenvalue weighted by Gasteiger charge is -2.09. The van der Waals surface area contributed by atoms with E-state index >= 15 is 0 Å². The number of nitrogens with one attached hydrogen (secondary N) is 1. The van der Waals surface area contributed by atoms with Crippen LogP contribution in [0.25, 0.3) is 0 Å². The van der Waals surface area contributed by atoms with E-state index in [1.165, 1.54) is 12.1 Å². The Labute approximate surface area is 124 Å². The average molecular weight is 309 g/mol. The molecule has 0 aromatic heterocycles. The van der Waals surface area contributed by atoms with Gasteiger partial charge in [-0.25, -0.2) is 4.39 Å². The predicted octanol–water partition coefficient (Wildman–Crippen LogP) is 3.04. The van der Waals surface area contributed by atoms with Gasteiger partial charge in [-0.1, -0.05) is 11.6 Å². The van der Waals surface area contributed by atoms with Gasteiger partial charge in [-0.2, -0.15) is 0 Å². The summed E-state index contributed by atoms with van der Waals surface area (Å²) in [6.45, 7) is 0.111. The average Bonchev–Trinajstić information content (AvgIpc) is 2.89. The number of amides is 1. The van der Waals surface area contributed by atoms with Gasteiger partial charge in [-0.15, -0.1) is 0 Å². The van der Waals surface area contributed by atoms with Crippen molar-refractivity contribution in [2.75, 3.05) is 17.8 Å². The van der Waals surface area contributed by atoms with Crippen LogP contribution in [-0.4, -0.2) is 12.7 Å². The zero-order chi connectivity index (χ0) is 15.0. The fraction of sp³-hybridized carbons (Fsp3) is 0.0714. The van der Waals surface area contributed by atoms with Crippen molar-refractivity contribution in [1.82, 2.24) is 0 Å². The number of halogens is 2. The van der Waals surface area contributed by atoms with Crippen LogP contribution >= 0.6 is 11.6 Å². The molecule has 0 aliphatic carbocycles. The van der Waals surface area contributed by atoms with Gasteiger partial charge in [0.25, 0.3) is 5.91 Å². The van der Waals surface area contributed by atoms with Gasteiger partial charge in [0.2, 0.25) is 6.79 Å². The number of benzene rings is 2. The molecule has 0 saturated carbocycles. The van der Waals surface area contributed by atoms with Crippen molar-refractivity contribution in [1.29, 1.82) is 0 Å². The smallest absolute Gasteiger partial charge is 0.255 e. The predicted molar refractivity (Wildman–Crippen MR) is 76.3 cm³/mol. The van der Waals surface area contributed by atoms with E-state index in [1.807, 2.05) is 0 Å². The van der Waals surface area contributed by atoms with E-state index in [4.69, 9.17) is 26.8 Å². The molecule has 0 radical (unpaired) electrons. The van der Waals surface area contributed by atoms with Gasteiger partial charge < -0.3 is 20.5 Å². The van der Waals surface area contributed by atoms with Crippen LogP contribution in [-0.2, 0) is 0 Å². The van der Waals surface area contributed by atoms with Crippen LogP contribution in [0.4, 0.5) is 15.8 Å². The Morgan fingerprint density at radius 2 is 1.95 bits per heavy atom. The highest BCUT2D eigenvalue weighted by atomic mass is 35.5. The Bertz CT molecular complexity index is 736. The second-order valence-corrected chi connectivity index (χ2v) is 4.78. The molecular weight excluding hydrogens is 299 g/mol. The van der Waals surface area contributed by atoms with E-state index in [0.717, 1.165) is 6.07 Å². The minimum Gasteiger partial charge on any atom is -0.454 e. The van der Waals surface area contributed by atoms with E-state index < -0.39 is 11.7 Å². The van der Waals surface area contributed by atoms with Gasteiger partial charge in [-0.3, -0.25) is 4.79 Å². The summed E-state index contributed by atoms with van der Waals surface area (Å²) in [6, 6.07) is 6.84. The van der Waals surface area contributed by atoms with Crippen LogP contribution in [0.3, 0.4) is 0 Å². The van der Waals surface area contributed by atoms with Crippen molar-refractivity contribution in [3.63, 3.8) is 0 Å². The largest absolute Gasteiger partial charge is 0.454 e. The summed E-state index contributed by atoms with van der Waals surface area (Å²) in [4.78, 5) is 12.1. The monoisotopic (exact) mass is 308 g/mol. The summed E-state index contributed by atoms with van der Waals surface area (Å²) in [5.74, 6) is -0.0229. The lowest BCUT2D eigenvalue weighted by Crippen LogP contribution is -2.13. The fourth-order valence-corrected chi connectivity index (χ4v) is 2.08. The van der Waals surface area contributed by atoms with Gasteiger partial charge in [0, 0.05) is 17.7 Å². The van der Waals surface area contributed by atoms with Crippen LogP contribution in [0.1, 0.15) is 10.4 Å². The zero-order valence-corrected chi connectivity index (χ0v) is 11.4. The molecule has 0 fully saturated rings. The molecule has 2 aromatic rings. The quantitative estimate of drug-likeness (QED) is 0.836. The zero-order valence-electron chi connectivity index (χ0n) is 10.7. The number of carbonyl (C=O) groups excluding carboxylic acids is 1. The molecule has 5 nitrogen and oxygen atoms in total. The number of nitrogen functional groups attached to an aromatic ring is 1. The number of hydrogen-bond donors (Lipinski definition) is 2. The maximum atomic E-state index is 13.1. The lowest BCUT2D eigenvalue weighted by atomic mass is 10.2.